The maximum atomic E-state index is 11.8. The van der Waals surface area contributed by atoms with Gasteiger partial charge in [0.05, 0.1) is 5.69 Å². The van der Waals surface area contributed by atoms with Crippen molar-refractivity contribution in [1.82, 2.24) is 9.78 Å². The zero-order chi connectivity index (χ0) is 14.2. The van der Waals surface area contributed by atoms with Crippen LogP contribution in [0.4, 0.5) is 0 Å². The number of cyclic esters (lactones) is 1. The van der Waals surface area contributed by atoms with Crippen LogP contribution in [0.3, 0.4) is 0 Å². The van der Waals surface area contributed by atoms with Crippen LogP contribution in [-0.4, -0.2) is 21.6 Å². The Morgan fingerprint density at radius 1 is 1.42 bits per heavy atom. The molecule has 1 aromatic rings. The van der Waals surface area contributed by atoms with Gasteiger partial charge in [0.15, 0.2) is 5.70 Å². The van der Waals surface area contributed by atoms with Crippen LogP contribution >= 0.6 is 0 Å². The van der Waals surface area contributed by atoms with Gasteiger partial charge in [-0.1, -0.05) is 27.7 Å². The summed E-state index contributed by atoms with van der Waals surface area (Å²) in [5, 5.41) is 4.34. The van der Waals surface area contributed by atoms with Gasteiger partial charge >= 0.3 is 5.97 Å². The largest absolute Gasteiger partial charge is 0.406 e. The SMILES string of the molecule is CCc1nn(C)cc1C=C1N=C(C(C)(C)C)OC1=O. The van der Waals surface area contributed by atoms with Crippen molar-refractivity contribution in [3.05, 3.63) is 23.2 Å². The molecule has 0 spiro atoms. The number of aromatic nitrogens is 2. The molecule has 0 atom stereocenters. The molecule has 0 saturated carbocycles. The highest BCUT2D eigenvalue weighted by Gasteiger charge is 2.31. The molecule has 0 saturated heterocycles. The lowest BCUT2D eigenvalue weighted by atomic mass is 9.97. The molecule has 0 unspecified atom stereocenters. The van der Waals surface area contributed by atoms with Crippen molar-refractivity contribution >= 4 is 17.9 Å². The molecule has 5 heteroatoms. The lowest BCUT2D eigenvalue weighted by Gasteiger charge is -2.15. The maximum Gasteiger partial charge on any atom is 0.363 e. The zero-order valence-corrected chi connectivity index (χ0v) is 12.0. The highest BCUT2D eigenvalue weighted by Crippen LogP contribution is 2.26. The molecule has 1 aromatic heterocycles. The van der Waals surface area contributed by atoms with Crippen molar-refractivity contribution in [2.24, 2.45) is 17.5 Å². The van der Waals surface area contributed by atoms with Gasteiger partial charge < -0.3 is 4.74 Å². The Hall–Kier alpha value is -1.91. The number of rotatable bonds is 2. The van der Waals surface area contributed by atoms with Crippen molar-refractivity contribution in [1.29, 1.82) is 0 Å². The standard InChI is InChI=1S/C14H19N3O2/c1-6-10-9(8-17(5)16-10)7-11-12(18)19-13(15-11)14(2,3)4/h7-8H,6H2,1-5H3. The number of hydrogen-bond acceptors (Lipinski definition) is 4. The first-order valence-corrected chi connectivity index (χ1v) is 6.37. The Bertz CT molecular complexity index is 574. The van der Waals surface area contributed by atoms with E-state index >= 15 is 0 Å². The van der Waals surface area contributed by atoms with Crippen LogP contribution in [0.2, 0.25) is 0 Å². The Kier molecular flexibility index (Phi) is 3.30. The first-order valence-electron chi connectivity index (χ1n) is 6.37. The topological polar surface area (TPSA) is 56.5 Å². The summed E-state index contributed by atoms with van der Waals surface area (Å²) < 4.78 is 6.94. The van der Waals surface area contributed by atoms with Gasteiger partial charge in [-0.2, -0.15) is 5.10 Å². The predicted molar refractivity (Wildman–Crippen MR) is 73.5 cm³/mol. The van der Waals surface area contributed by atoms with Gasteiger partial charge in [-0.3, -0.25) is 4.68 Å². The molecule has 102 valence electrons. The molecule has 0 amide bonds. The van der Waals surface area contributed by atoms with Crippen LogP contribution in [-0.2, 0) is 23.0 Å². The Morgan fingerprint density at radius 2 is 2.11 bits per heavy atom. The van der Waals surface area contributed by atoms with Crippen molar-refractivity contribution in [3.63, 3.8) is 0 Å². The smallest absolute Gasteiger partial charge is 0.363 e. The second kappa shape index (κ2) is 4.64. The normalized spacial score (nSPS) is 17.8. The van der Waals surface area contributed by atoms with Crippen molar-refractivity contribution in [3.8, 4) is 0 Å². The van der Waals surface area contributed by atoms with Crippen LogP contribution in [0.25, 0.3) is 6.08 Å². The van der Waals surface area contributed by atoms with E-state index in [1.165, 1.54) is 0 Å². The van der Waals surface area contributed by atoms with E-state index < -0.39 is 5.97 Å². The molecule has 19 heavy (non-hydrogen) atoms. The third-order valence-electron chi connectivity index (χ3n) is 2.83. The van der Waals surface area contributed by atoms with E-state index in [0.29, 0.717) is 11.6 Å². The van der Waals surface area contributed by atoms with Gasteiger partial charge in [0.2, 0.25) is 5.90 Å². The minimum Gasteiger partial charge on any atom is -0.406 e. The van der Waals surface area contributed by atoms with Crippen LogP contribution in [0.5, 0.6) is 0 Å². The van der Waals surface area contributed by atoms with Crippen LogP contribution in [0.1, 0.15) is 39.0 Å². The van der Waals surface area contributed by atoms with Crippen LogP contribution in [0, 0.1) is 5.41 Å². The first-order chi connectivity index (χ1) is 8.81. The maximum absolute atomic E-state index is 11.8. The Morgan fingerprint density at radius 3 is 2.63 bits per heavy atom. The minimum absolute atomic E-state index is 0.270. The monoisotopic (exact) mass is 261 g/mol. The number of nitrogens with zero attached hydrogens (tertiary/aromatic N) is 3. The Balaban J connectivity index is 2.38. The fourth-order valence-electron chi connectivity index (χ4n) is 1.83. The minimum atomic E-state index is -0.393. The number of esters is 1. The van der Waals surface area contributed by atoms with E-state index in [9.17, 15) is 4.79 Å². The summed E-state index contributed by atoms with van der Waals surface area (Å²) >= 11 is 0. The summed E-state index contributed by atoms with van der Waals surface area (Å²) in [4.78, 5) is 16.1. The summed E-state index contributed by atoms with van der Waals surface area (Å²) in [6, 6.07) is 0. The molecule has 0 fully saturated rings. The second-order valence-corrected chi connectivity index (χ2v) is 5.64. The summed E-state index contributed by atoms with van der Waals surface area (Å²) in [7, 11) is 1.86. The molecule has 0 aromatic carbocycles. The highest BCUT2D eigenvalue weighted by atomic mass is 16.6. The third-order valence-corrected chi connectivity index (χ3v) is 2.83. The van der Waals surface area contributed by atoms with Gasteiger partial charge in [0.25, 0.3) is 0 Å². The second-order valence-electron chi connectivity index (χ2n) is 5.64. The summed E-state index contributed by atoms with van der Waals surface area (Å²) in [6.45, 7) is 7.91. The lowest BCUT2D eigenvalue weighted by Crippen LogP contribution is -2.21. The van der Waals surface area contributed by atoms with E-state index in [4.69, 9.17) is 4.74 Å². The molecular formula is C14H19N3O2. The van der Waals surface area contributed by atoms with Crippen LogP contribution in [0.15, 0.2) is 16.9 Å². The summed E-state index contributed by atoms with van der Waals surface area (Å²) in [5.74, 6) is 0.0709. The predicted octanol–water partition coefficient (Wildman–Crippen LogP) is 2.32. The molecule has 0 radical (unpaired) electrons. The fourth-order valence-corrected chi connectivity index (χ4v) is 1.83. The number of carbonyl (C=O) groups is 1. The average Bonchev–Trinajstić information content (AvgIpc) is 2.83. The van der Waals surface area contributed by atoms with E-state index in [0.717, 1.165) is 17.7 Å². The highest BCUT2D eigenvalue weighted by molar-refractivity contribution is 6.08. The Labute approximate surface area is 113 Å². The van der Waals surface area contributed by atoms with E-state index in [2.05, 4.69) is 10.1 Å². The van der Waals surface area contributed by atoms with Gasteiger partial charge in [0, 0.05) is 24.2 Å². The number of aryl methyl sites for hydroxylation is 2. The summed E-state index contributed by atoms with van der Waals surface area (Å²) in [6.07, 6.45) is 4.43. The van der Waals surface area contributed by atoms with Crippen molar-refractivity contribution < 1.29 is 9.53 Å². The molecule has 0 bridgehead atoms. The summed E-state index contributed by atoms with van der Waals surface area (Å²) in [5.41, 5.74) is 1.93. The quantitative estimate of drug-likeness (QED) is 0.606. The van der Waals surface area contributed by atoms with Crippen molar-refractivity contribution in [2.75, 3.05) is 0 Å². The number of ether oxygens (including phenoxy) is 1. The number of aliphatic imine (C=N–C) groups is 1. The van der Waals surface area contributed by atoms with E-state index in [-0.39, 0.29) is 5.41 Å². The molecule has 1 aliphatic heterocycles. The van der Waals surface area contributed by atoms with Crippen LogP contribution < -0.4 is 0 Å². The fraction of sp³-hybridized carbons (Fsp3) is 0.500. The zero-order valence-electron chi connectivity index (χ0n) is 12.0. The van der Waals surface area contributed by atoms with Gasteiger partial charge in [-0.05, 0) is 12.5 Å². The molecular weight excluding hydrogens is 242 g/mol. The number of carbonyl (C=O) groups excluding carboxylic acids is 1. The first kappa shape index (κ1) is 13.5. The molecule has 2 heterocycles. The van der Waals surface area contributed by atoms with E-state index in [1.54, 1.807) is 10.8 Å². The third kappa shape index (κ3) is 2.75. The molecule has 5 nitrogen and oxygen atoms in total. The number of hydrogen-bond donors (Lipinski definition) is 0. The molecule has 0 aliphatic carbocycles. The molecule has 1 aliphatic rings. The van der Waals surface area contributed by atoms with E-state index in [1.807, 2.05) is 40.9 Å². The van der Waals surface area contributed by atoms with Crippen molar-refractivity contribution in [2.45, 2.75) is 34.1 Å². The molecule has 2 rings (SSSR count). The van der Waals surface area contributed by atoms with Gasteiger partial charge in [0.1, 0.15) is 0 Å². The van der Waals surface area contributed by atoms with Gasteiger partial charge in [-0.15, -0.1) is 0 Å². The lowest BCUT2D eigenvalue weighted by molar-refractivity contribution is -0.130. The average molecular weight is 261 g/mol. The van der Waals surface area contributed by atoms with Gasteiger partial charge in [-0.25, -0.2) is 9.79 Å². The molecule has 0 N–H and O–H groups in total.